The molecule has 0 saturated heterocycles. The molecule has 0 spiro atoms. The average molecular weight is 651 g/mol. The van der Waals surface area contributed by atoms with Gasteiger partial charge in [-0.1, -0.05) is 43.3 Å². The van der Waals surface area contributed by atoms with Crippen molar-refractivity contribution in [1.29, 1.82) is 0 Å². The van der Waals surface area contributed by atoms with Crippen molar-refractivity contribution in [2.24, 2.45) is 5.41 Å². The van der Waals surface area contributed by atoms with Gasteiger partial charge in [0, 0.05) is 39.9 Å². The normalized spacial score (nSPS) is 17.3. The third-order valence-electron chi connectivity index (χ3n) is 10.9. The fourth-order valence-corrected chi connectivity index (χ4v) is 9.83. The standard InChI is InChI=1S/C43H42O4Si/c1-43(42(44-2)11-8-14-48(45-3,46-4)47-5)13-12-30-17-33-20-36-23-37-21-34-18-31-15-28-9-6-7-10-29(28)16-32(31)19-35(34)22-38(37)24-39(36)25-40(33)26-41(30)27-43/h6-7,9-10,12,15-27,42H,8,11,13-14H2,1-5H3. The van der Waals surface area contributed by atoms with Gasteiger partial charge in [0.05, 0.1) is 6.10 Å². The van der Waals surface area contributed by atoms with Gasteiger partial charge in [0.15, 0.2) is 0 Å². The van der Waals surface area contributed by atoms with Crippen LogP contribution in [0.1, 0.15) is 26.2 Å². The number of fused-ring (bicyclic) bond motifs is 7. The lowest BCUT2D eigenvalue weighted by Crippen LogP contribution is -2.43. The lowest BCUT2D eigenvalue weighted by atomic mass is 9.75. The van der Waals surface area contributed by atoms with Crippen LogP contribution in [0, 0.1) is 5.41 Å². The van der Waals surface area contributed by atoms with Gasteiger partial charge in [0.25, 0.3) is 0 Å². The van der Waals surface area contributed by atoms with Crippen molar-refractivity contribution >= 4 is 85.6 Å². The zero-order valence-corrected chi connectivity index (χ0v) is 29.4. The van der Waals surface area contributed by atoms with E-state index in [4.69, 9.17) is 18.0 Å². The molecule has 0 aromatic heterocycles. The molecule has 7 aromatic carbocycles. The maximum atomic E-state index is 6.12. The fraction of sp³-hybridized carbons (Fsp3) is 0.256. The molecule has 0 radical (unpaired) electrons. The summed E-state index contributed by atoms with van der Waals surface area (Å²) in [4.78, 5) is 0. The Bertz CT molecular complexity index is 2490. The first-order chi connectivity index (χ1) is 23.3. The van der Waals surface area contributed by atoms with E-state index in [1.165, 1.54) is 75.1 Å². The molecule has 4 nitrogen and oxygen atoms in total. The molecule has 0 saturated carbocycles. The Balaban J connectivity index is 1.16. The summed E-state index contributed by atoms with van der Waals surface area (Å²) >= 11 is 0. The van der Waals surface area contributed by atoms with E-state index < -0.39 is 8.80 Å². The topological polar surface area (TPSA) is 36.9 Å². The van der Waals surface area contributed by atoms with Crippen molar-refractivity contribution in [3.05, 3.63) is 107 Å². The summed E-state index contributed by atoms with van der Waals surface area (Å²) in [6, 6.07) is 37.6. The largest absolute Gasteiger partial charge is 0.500 e. The Morgan fingerprint density at radius 1 is 0.562 bits per heavy atom. The van der Waals surface area contributed by atoms with E-state index in [-0.39, 0.29) is 11.5 Å². The SMILES string of the molecule is COC(CCC[Si](OC)(OC)OC)C1(C)C=c2cc3cc4cc5cc6cc7cc8ccccc8cc7cc6cc5cc4cc3cc2=CC1. The third-order valence-corrected chi connectivity index (χ3v) is 13.7. The van der Waals surface area contributed by atoms with Crippen molar-refractivity contribution in [2.45, 2.75) is 38.3 Å². The summed E-state index contributed by atoms with van der Waals surface area (Å²) in [6.45, 7) is 2.32. The Morgan fingerprint density at radius 3 is 1.38 bits per heavy atom. The molecule has 242 valence electrons. The minimum absolute atomic E-state index is 0.0727. The van der Waals surface area contributed by atoms with Gasteiger partial charge in [-0.2, -0.15) is 0 Å². The fourth-order valence-electron chi connectivity index (χ4n) is 8.08. The highest BCUT2D eigenvalue weighted by atomic mass is 28.4. The van der Waals surface area contributed by atoms with Crippen LogP contribution in [0.2, 0.25) is 6.04 Å². The van der Waals surface area contributed by atoms with E-state index in [0.717, 1.165) is 25.3 Å². The quantitative estimate of drug-likeness (QED) is 0.115. The van der Waals surface area contributed by atoms with Crippen LogP contribution < -0.4 is 10.4 Å². The Labute approximate surface area is 282 Å². The van der Waals surface area contributed by atoms with Gasteiger partial charge in [-0.25, -0.2) is 0 Å². The molecule has 2 atom stereocenters. The summed E-state index contributed by atoms with van der Waals surface area (Å²) in [5, 5.41) is 17.9. The average Bonchev–Trinajstić information content (AvgIpc) is 3.10. The van der Waals surface area contributed by atoms with E-state index in [1.54, 1.807) is 21.3 Å². The number of rotatable bonds is 9. The molecule has 48 heavy (non-hydrogen) atoms. The van der Waals surface area contributed by atoms with Gasteiger partial charge in [0.2, 0.25) is 0 Å². The van der Waals surface area contributed by atoms with E-state index >= 15 is 0 Å². The number of hydrogen-bond acceptors (Lipinski definition) is 4. The minimum Gasteiger partial charge on any atom is -0.381 e. The first-order valence-electron chi connectivity index (χ1n) is 16.9. The number of hydrogen-bond donors (Lipinski definition) is 0. The van der Waals surface area contributed by atoms with Crippen LogP contribution in [-0.4, -0.2) is 43.3 Å². The molecular weight excluding hydrogens is 609 g/mol. The lowest BCUT2D eigenvalue weighted by Gasteiger charge is -2.35. The van der Waals surface area contributed by atoms with Gasteiger partial charge in [-0.3, -0.25) is 0 Å². The minimum atomic E-state index is -2.61. The second kappa shape index (κ2) is 12.1. The van der Waals surface area contributed by atoms with Crippen LogP contribution in [0.15, 0.2) is 97.1 Å². The van der Waals surface area contributed by atoms with E-state index in [0.29, 0.717) is 0 Å². The molecule has 1 aliphatic carbocycles. The Kier molecular flexibility index (Phi) is 7.86. The van der Waals surface area contributed by atoms with Crippen molar-refractivity contribution in [2.75, 3.05) is 28.4 Å². The Hall–Kier alpha value is -4.10. The summed E-state index contributed by atoms with van der Waals surface area (Å²) in [6.07, 6.45) is 7.66. The van der Waals surface area contributed by atoms with Crippen LogP contribution >= 0.6 is 0 Å². The van der Waals surface area contributed by atoms with Gasteiger partial charge in [-0.15, -0.1) is 0 Å². The highest BCUT2D eigenvalue weighted by Crippen LogP contribution is 2.36. The van der Waals surface area contributed by atoms with E-state index in [9.17, 15) is 0 Å². The van der Waals surface area contributed by atoms with Crippen LogP contribution in [0.25, 0.3) is 76.8 Å². The maximum absolute atomic E-state index is 6.12. The van der Waals surface area contributed by atoms with Crippen LogP contribution in [0.4, 0.5) is 0 Å². The summed E-state index contributed by atoms with van der Waals surface area (Å²) < 4.78 is 23.1. The van der Waals surface area contributed by atoms with Gasteiger partial charge < -0.3 is 18.0 Å². The van der Waals surface area contributed by atoms with Crippen molar-refractivity contribution in [3.8, 4) is 0 Å². The second-order valence-corrected chi connectivity index (χ2v) is 16.9. The maximum Gasteiger partial charge on any atom is 0.500 e. The molecule has 8 rings (SSSR count). The molecule has 0 heterocycles. The molecule has 5 heteroatoms. The lowest BCUT2D eigenvalue weighted by molar-refractivity contribution is 0.0243. The molecule has 2 unspecified atom stereocenters. The highest BCUT2D eigenvalue weighted by molar-refractivity contribution is 6.60. The van der Waals surface area contributed by atoms with Crippen molar-refractivity contribution in [3.63, 3.8) is 0 Å². The zero-order chi connectivity index (χ0) is 33.0. The molecular formula is C43H42O4Si. The van der Waals surface area contributed by atoms with Gasteiger partial charge in [-0.05, 0) is 167 Å². The molecule has 0 N–H and O–H groups in total. The monoisotopic (exact) mass is 650 g/mol. The summed E-state index contributed by atoms with van der Waals surface area (Å²) in [7, 11) is 4.25. The van der Waals surface area contributed by atoms with Crippen molar-refractivity contribution < 1.29 is 18.0 Å². The predicted molar refractivity (Wildman–Crippen MR) is 204 cm³/mol. The molecule has 1 aliphatic rings. The number of ether oxygens (including phenoxy) is 1. The molecule has 7 aromatic rings. The zero-order valence-electron chi connectivity index (χ0n) is 28.4. The predicted octanol–water partition coefficient (Wildman–Crippen LogP) is 9.25. The molecule has 0 fully saturated rings. The first kappa shape index (κ1) is 31.2. The molecule has 0 amide bonds. The Morgan fingerprint density at radius 2 is 0.958 bits per heavy atom. The number of benzene rings is 7. The van der Waals surface area contributed by atoms with Crippen LogP contribution in [0.5, 0.6) is 0 Å². The number of methoxy groups -OCH3 is 1. The van der Waals surface area contributed by atoms with Crippen molar-refractivity contribution in [1.82, 2.24) is 0 Å². The molecule has 0 bridgehead atoms. The second-order valence-electron chi connectivity index (χ2n) is 13.8. The third kappa shape index (κ3) is 5.40. The smallest absolute Gasteiger partial charge is 0.381 e. The molecule has 0 aliphatic heterocycles. The van der Waals surface area contributed by atoms with E-state index in [1.807, 2.05) is 7.11 Å². The van der Waals surface area contributed by atoms with Crippen LogP contribution in [-0.2, 0) is 18.0 Å². The van der Waals surface area contributed by atoms with Crippen LogP contribution in [0.3, 0.4) is 0 Å². The summed E-state index contributed by atoms with van der Waals surface area (Å²) in [5.41, 5.74) is -0.114. The van der Waals surface area contributed by atoms with Gasteiger partial charge in [0.1, 0.15) is 0 Å². The first-order valence-corrected chi connectivity index (χ1v) is 18.8. The summed E-state index contributed by atoms with van der Waals surface area (Å²) in [5.74, 6) is 0. The van der Waals surface area contributed by atoms with Gasteiger partial charge >= 0.3 is 8.80 Å². The highest BCUT2D eigenvalue weighted by Gasteiger charge is 2.39. The van der Waals surface area contributed by atoms with E-state index in [2.05, 4.69) is 116 Å².